The van der Waals surface area contributed by atoms with E-state index in [0.717, 1.165) is 98.4 Å². The third-order valence-electron chi connectivity index (χ3n) is 13.7. The largest absolute Gasteiger partial charge is 0.383 e. The molecule has 4 aromatic heterocycles. The number of anilines is 2. The highest BCUT2D eigenvalue weighted by Gasteiger charge is 2.34. The molecule has 4 saturated heterocycles. The minimum absolute atomic E-state index is 0.0127. The number of nitrogen functional groups attached to an aromatic ring is 2. The monoisotopic (exact) mass is 877 g/mol. The molecule has 336 valence electrons. The molecule has 4 aliphatic heterocycles. The van der Waals surface area contributed by atoms with E-state index in [4.69, 9.17) is 35.4 Å². The van der Waals surface area contributed by atoms with Crippen LogP contribution in [0, 0.1) is 5.95 Å². The van der Waals surface area contributed by atoms with Gasteiger partial charge in [-0.2, -0.15) is 8.96 Å². The first-order valence-corrected chi connectivity index (χ1v) is 23.1. The maximum absolute atomic E-state index is 14.1. The Bertz CT molecular complexity index is 2610. The number of rotatable bonds is 9. The van der Waals surface area contributed by atoms with Gasteiger partial charge in [-0.25, -0.2) is 15.0 Å². The van der Waals surface area contributed by atoms with Crippen molar-refractivity contribution < 1.29 is 27.9 Å². The van der Waals surface area contributed by atoms with Crippen LogP contribution in [0.25, 0.3) is 44.5 Å². The van der Waals surface area contributed by atoms with Gasteiger partial charge in [-0.1, -0.05) is 24.3 Å². The third kappa shape index (κ3) is 9.53. The van der Waals surface area contributed by atoms with Crippen LogP contribution in [0.1, 0.15) is 91.4 Å². The molecule has 0 spiro atoms. The molecular formula is C52H58FN8O4+. The lowest BCUT2D eigenvalue weighted by Gasteiger charge is -2.33. The number of morpholine rings is 1. The van der Waals surface area contributed by atoms with E-state index in [2.05, 4.69) is 99.1 Å². The highest BCUT2D eigenvalue weighted by Crippen LogP contribution is 2.41. The lowest BCUT2D eigenvalue weighted by Crippen LogP contribution is -2.44. The summed E-state index contributed by atoms with van der Waals surface area (Å²) in [5.41, 5.74) is 25.3. The SMILES string of the molecule is C[C@@H]1CN[C@@H](c2cc(-c3cnc(N)c(-c4ccnc(F)c4)c3)ccc2C2CCOC([n+]3ccc(-c4cc(-c5ccc(C6CCOCC6)c([C@@H]6COCCCN6)c5)cnc4N)cc3)C2)CO1. The summed E-state index contributed by atoms with van der Waals surface area (Å²) in [7, 11) is 0. The van der Waals surface area contributed by atoms with E-state index < -0.39 is 5.95 Å². The number of nitrogens with two attached hydrogens (primary N) is 2. The second-order valence-electron chi connectivity index (χ2n) is 17.9. The summed E-state index contributed by atoms with van der Waals surface area (Å²) in [6.07, 6.45) is 14.0. The van der Waals surface area contributed by atoms with E-state index in [-0.39, 0.29) is 30.3 Å². The molecular weight excluding hydrogens is 820 g/mol. The molecule has 2 aromatic carbocycles. The van der Waals surface area contributed by atoms with Crippen LogP contribution in [-0.4, -0.2) is 73.8 Å². The highest BCUT2D eigenvalue weighted by molar-refractivity contribution is 5.80. The van der Waals surface area contributed by atoms with Crippen molar-refractivity contribution in [2.45, 2.75) is 75.3 Å². The summed E-state index contributed by atoms with van der Waals surface area (Å²) in [5.74, 6) is 0.961. The fourth-order valence-electron chi connectivity index (χ4n) is 10.0. The number of aromatic nitrogens is 4. The van der Waals surface area contributed by atoms with Crippen molar-refractivity contribution in [3.8, 4) is 44.5 Å². The van der Waals surface area contributed by atoms with Gasteiger partial charge in [-0.05, 0) is 126 Å². The number of hydrogen-bond acceptors (Lipinski definition) is 11. The topological polar surface area (TPSA) is 156 Å². The van der Waals surface area contributed by atoms with E-state index >= 15 is 0 Å². The number of nitrogens with one attached hydrogen (secondary N) is 2. The van der Waals surface area contributed by atoms with E-state index in [1.165, 1.54) is 34.5 Å². The lowest BCUT2D eigenvalue weighted by atomic mass is 9.83. The molecule has 0 bridgehead atoms. The first kappa shape index (κ1) is 43.2. The predicted octanol–water partition coefficient (Wildman–Crippen LogP) is 8.22. The van der Waals surface area contributed by atoms with Gasteiger partial charge in [0.2, 0.25) is 5.95 Å². The summed E-state index contributed by atoms with van der Waals surface area (Å²) < 4.78 is 40.7. The molecule has 5 atom stereocenters. The molecule has 4 fully saturated rings. The molecule has 13 heteroatoms. The van der Waals surface area contributed by atoms with Gasteiger partial charge in [0.1, 0.15) is 11.6 Å². The van der Waals surface area contributed by atoms with Gasteiger partial charge in [0.15, 0.2) is 12.4 Å². The van der Waals surface area contributed by atoms with Crippen LogP contribution in [0.15, 0.2) is 104 Å². The molecule has 10 rings (SSSR count). The molecule has 65 heavy (non-hydrogen) atoms. The summed E-state index contributed by atoms with van der Waals surface area (Å²) >= 11 is 0. The maximum atomic E-state index is 14.1. The number of nitrogens with zero attached hydrogens (tertiary/aromatic N) is 4. The molecule has 4 aliphatic rings. The maximum Gasteiger partial charge on any atom is 0.263 e. The van der Waals surface area contributed by atoms with Gasteiger partial charge in [0.05, 0.1) is 38.0 Å². The normalized spacial score (nSPS) is 23.2. The van der Waals surface area contributed by atoms with E-state index in [9.17, 15) is 4.39 Å². The zero-order valence-corrected chi connectivity index (χ0v) is 36.9. The molecule has 6 N–H and O–H groups in total. The fourth-order valence-corrected chi connectivity index (χ4v) is 10.0. The van der Waals surface area contributed by atoms with Gasteiger partial charge in [-0.15, -0.1) is 0 Å². The van der Waals surface area contributed by atoms with Crippen molar-refractivity contribution in [3.63, 3.8) is 0 Å². The lowest BCUT2D eigenvalue weighted by molar-refractivity contribution is -0.765. The van der Waals surface area contributed by atoms with E-state index in [1.54, 1.807) is 12.3 Å². The zero-order chi connectivity index (χ0) is 44.3. The molecule has 8 heterocycles. The molecule has 0 aliphatic carbocycles. The number of benzene rings is 2. The van der Waals surface area contributed by atoms with Gasteiger partial charge in [0, 0.05) is 91.8 Å². The van der Waals surface area contributed by atoms with Crippen LogP contribution < -0.4 is 26.7 Å². The quantitative estimate of drug-likeness (QED) is 0.0821. The van der Waals surface area contributed by atoms with Crippen LogP contribution in [0.4, 0.5) is 16.0 Å². The first-order chi connectivity index (χ1) is 31.8. The Hall–Kier alpha value is -5.67. The molecule has 12 nitrogen and oxygen atoms in total. The van der Waals surface area contributed by atoms with Crippen LogP contribution >= 0.6 is 0 Å². The molecule has 0 amide bonds. The fraction of sp³-hybridized carbons (Fsp3) is 0.385. The first-order valence-electron chi connectivity index (χ1n) is 23.1. The summed E-state index contributed by atoms with van der Waals surface area (Å²) in [5, 5.41) is 7.50. The minimum Gasteiger partial charge on any atom is -0.383 e. The number of hydrogen-bond donors (Lipinski definition) is 4. The minimum atomic E-state index is -0.566. The molecule has 2 unspecified atom stereocenters. The Labute approximate surface area is 379 Å². The van der Waals surface area contributed by atoms with Crippen LogP contribution in [0.5, 0.6) is 0 Å². The Balaban J connectivity index is 0.904. The van der Waals surface area contributed by atoms with E-state index in [1.807, 2.05) is 12.3 Å². The van der Waals surface area contributed by atoms with Crippen molar-refractivity contribution >= 4 is 11.6 Å². The second kappa shape index (κ2) is 19.4. The number of halogens is 1. The van der Waals surface area contributed by atoms with Crippen molar-refractivity contribution in [2.24, 2.45) is 0 Å². The molecule has 6 aromatic rings. The standard InChI is InChI=1S/C52H57FN8O4/c1-32-27-58-48(31-65-32)46-22-36(40-24-44(52(55)60-29-40)37-7-14-57-49(53)25-37)4-6-42(46)38-12-20-64-50(26-38)61-15-8-33(9-16-61)43-23-39(28-59-51(43)54)35-3-5-41(34-10-18-62-19-11-34)45(21-35)47-30-63-17-2-13-56-47/h3-9,14-16,21-25,28-29,32,34,38,47-48,50,54,56,58H,2,10-13,17-20,26-27,30-31H2,1H3,(H2,55,57,60)/p+1/t32-,38?,47+,48-,50?/m1/s1. The van der Waals surface area contributed by atoms with Gasteiger partial charge >= 0.3 is 0 Å². The van der Waals surface area contributed by atoms with Crippen LogP contribution in [-0.2, 0) is 18.9 Å². The summed E-state index contributed by atoms with van der Waals surface area (Å²) in [6, 6.07) is 25.1. The summed E-state index contributed by atoms with van der Waals surface area (Å²) in [6.45, 7) is 8.00. The van der Waals surface area contributed by atoms with Gasteiger partial charge in [0.25, 0.3) is 6.23 Å². The zero-order valence-electron chi connectivity index (χ0n) is 36.9. The number of pyridine rings is 4. The Morgan fingerprint density at radius 3 is 1.95 bits per heavy atom. The van der Waals surface area contributed by atoms with Crippen molar-refractivity contribution in [2.75, 3.05) is 64.2 Å². The number of ether oxygens (including phenoxy) is 4. The molecule has 0 radical (unpaired) electrons. The smallest absolute Gasteiger partial charge is 0.263 e. The Kier molecular flexibility index (Phi) is 12.9. The average molecular weight is 878 g/mol. The molecule has 0 saturated carbocycles. The highest BCUT2D eigenvalue weighted by atomic mass is 19.1. The average Bonchev–Trinajstić information content (AvgIpc) is 3.65. The van der Waals surface area contributed by atoms with Crippen molar-refractivity contribution in [3.05, 3.63) is 132 Å². The van der Waals surface area contributed by atoms with E-state index in [0.29, 0.717) is 48.5 Å². The predicted molar refractivity (Wildman–Crippen MR) is 249 cm³/mol. The van der Waals surface area contributed by atoms with Crippen LogP contribution in [0.3, 0.4) is 0 Å². The Morgan fingerprint density at radius 2 is 1.28 bits per heavy atom. The van der Waals surface area contributed by atoms with Gasteiger partial charge in [-0.3, -0.25) is 0 Å². The second-order valence-corrected chi connectivity index (χ2v) is 17.9. The third-order valence-corrected chi connectivity index (χ3v) is 13.7. The Morgan fingerprint density at radius 1 is 0.615 bits per heavy atom. The van der Waals surface area contributed by atoms with Crippen molar-refractivity contribution in [1.29, 1.82) is 0 Å². The van der Waals surface area contributed by atoms with Crippen molar-refractivity contribution in [1.82, 2.24) is 25.6 Å². The van der Waals surface area contributed by atoms with Crippen LogP contribution in [0.2, 0.25) is 0 Å². The summed E-state index contributed by atoms with van der Waals surface area (Å²) in [4.78, 5) is 12.9. The van der Waals surface area contributed by atoms with Gasteiger partial charge < -0.3 is 41.0 Å².